The van der Waals surface area contributed by atoms with Gasteiger partial charge in [0.15, 0.2) is 6.61 Å². The lowest BCUT2D eigenvalue weighted by Crippen LogP contribution is -2.16. The zero-order valence-electron chi connectivity index (χ0n) is 20.9. The van der Waals surface area contributed by atoms with Crippen molar-refractivity contribution >= 4 is 16.9 Å². The summed E-state index contributed by atoms with van der Waals surface area (Å²) in [4.78, 5) is 25.0. The maximum absolute atomic E-state index is 13.9. The number of alkyl halides is 3. The molecule has 0 unspecified atom stereocenters. The van der Waals surface area contributed by atoms with Crippen molar-refractivity contribution in [3.8, 4) is 17.2 Å². The Labute approximate surface area is 216 Å². The van der Waals surface area contributed by atoms with Gasteiger partial charge < -0.3 is 18.6 Å². The van der Waals surface area contributed by atoms with Crippen LogP contribution in [-0.4, -0.2) is 12.6 Å². The molecule has 6 nitrogen and oxygen atoms in total. The number of hydrogen-bond acceptors (Lipinski definition) is 6. The Morgan fingerprint density at radius 2 is 1.55 bits per heavy atom. The minimum Gasteiger partial charge on any atom is -0.482 e. The summed E-state index contributed by atoms with van der Waals surface area (Å²) in [5, 5.41) is -0.140. The van der Waals surface area contributed by atoms with E-state index >= 15 is 0 Å². The Morgan fingerprint density at radius 1 is 0.895 bits per heavy atom. The van der Waals surface area contributed by atoms with Crippen LogP contribution >= 0.6 is 0 Å². The number of carbonyl (C=O) groups excluding carboxylic acids is 1. The van der Waals surface area contributed by atoms with Gasteiger partial charge in [-0.1, -0.05) is 63.2 Å². The van der Waals surface area contributed by atoms with E-state index in [0.29, 0.717) is 0 Å². The molecule has 1 aromatic heterocycles. The normalized spacial score (nSPS) is 11.8. The third-order valence-corrected chi connectivity index (χ3v) is 5.62. The van der Waals surface area contributed by atoms with Gasteiger partial charge in [0.05, 0.1) is 5.39 Å². The van der Waals surface area contributed by atoms with Crippen molar-refractivity contribution in [1.29, 1.82) is 0 Å². The molecule has 198 valence electrons. The molecule has 0 atom stereocenters. The van der Waals surface area contributed by atoms with Crippen molar-refractivity contribution in [1.82, 2.24) is 0 Å². The SMILES string of the molecule is CC(C)(C)c1ccc(Oc2c(C(F)(F)F)oc3cc(OCC(=O)OCc4ccccc4)ccc3c2=O)cc1. The molecule has 4 rings (SSSR count). The zero-order valence-corrected chi connectivity index (χ0v) is 20.9. The highest BCUT2D eigenvalue weighted by Crippen LogP contribution is 2.39. The van der Waals surface area contributed by atoms with Crippen LogP contribution in [0.1, 0.15) is 37.7 Å². The lowest BCUT2D eigenvalue weighted by molar-refractivity contribution is -0.154. The summed E-state index contributed by atoms with van der Waals surface area (Å²) >= 11 is 0. The van der Waals surface area contributed by atoms with Crippen LogP contribution in [0.4, 0.5) is 13.2 Å². The van der Waals surface area contributed by atoms with E-state index in [1.807, 2.05) is 26.8 Å². The third-order valence-electron chi connectivity index (χ3n) is 5.62. The highest BCUT2D eigenvalue weighted by atomic mass is 19.4. The van der Waals surface area contributed by atoms with Gasteiger partial charge in [0.2, 0.25) is 11.2 Å². The van der Waals surface area contributed by atoms with E-state index in [1.54, 1.807) is 36.4 Å². The van der Waals surface area contributed by atoms with Crippen LogP contribution in [0.2, 0.25) is 0 Å². The van der Waals surface area contributed by atoms with Crippen molar-refractivity contribution in [3.63, 3.8) is 0 Å². The van der Waals surface area contributed by atoms with Crippen LogP contribution in [-0.2, 0) is 27.7 Å². The van der Waals surface area contributed by atoms with E-state index in [9.17, 15) is 22.8 Å². The topological polar surface area (TPSA) is 75.0 Å². The van der Waals surface area contributed by atoms with Gasteiger partial charge in [-0.25, -0.2) is 4.79 Å². The second kappa shape index (κ2) is 10.6. The molecule has 1 heterocycles. The summed E-state index contributed by atoms with van der Waals surface area (Å²) in [5.74, 6) is -3.13. The lowest BCUT2D eigenvalue weighted by atomic mass is 9.87. The Balaban J connectivity index is 1.56. The van der Waals surface area contributed by atoms with Gasteiger partial charge in [-0.2, -0.15) is 13.2 Å². The van der Waals surface area contributed by atoms with E-state index in [1.165, 1.54) is 24.3 Å². The van der Waals surface area contributed by atoms with Crippen molar-refractivity contribution in [2.24, 2.45) is 0 Å². The molecule has 3 aromatic carbocycles. The monoisotopic (exact) mass is 526 g/mol. The number of fused-ring (bicyclic) bond motifs is 1. The molecule has 0 bridgehead atoms. The maximum atomic E-state index is 13.9. The van der Waals surface area contributed by atoms with Gasteiger partial charge in [0, 0.05) is 6.07 Å². The first-order chi connectivity index (χ1) is 17.9. The van der Waals surface area contributed by atoms with Crippen LogP contribution in [0.5, 0.6) is 17.2 Å². The number of ether oxygens (including phenoxy) is 3. The van der Waals surface area contributed by atoms with Crippen LogP contribution in [0, 0.1) is 0 Å². The molecule has 0 spiro atoms. The highest BCUT2D eigenvalue weighted by molar-refractivity contribution is 5.80. The fourth-order valence-electron chi connectivity index (χ4n) is 3.59. The van der Waals surface area contributed by atoms with E-state index in [0.717, 1.165) is 17.2 Å². The second-order valence-corrected chi connectivity index (χ2v) is 9.56. The molecule has 0 amide bonds. The fourth-order valence-corrected chi connectivity index (χ4v) is 3.59. The Hall–Kier alpha value is -4.27. The number of halogens is 3. The molecule has 38 heavy (non-hydrogen) atoms. The molecule has 0 radical (unpaired) electrons. The van der Waals surface area contributed by atoms with Crippen LogP contribution in [0.3, 0.4) is 0 Å². The first kappa shape index (κ1) is 26.8. The second-order valence-electron chi connectivity index (χ2n) is 9.56. The standard InChI is InChI=1S/C29H25F3O6/c1-28(2,3)19-9-11-20(12-10-19)37-26-25(34)22-14-13-21(15-23(22)38-27(26)29(30,31)32)35-17-24(33)36-16-18-7-5-4-6-8-18/h4-15H,16-17H2,1-3H3. The third kappa shape index (κ3) is 6.34. The molecule has 0 N–H and O–H groups in total. The molecule has 0 aliphatic rings. The number of hydrogen-bond donors (Lipinski definition) is 0. The summed E-state index contributed by atoms with van der Waals surface area (Å²) in [5.41, 5.74) is 0.204. The molecule has 0 saturated carbocycles. The summed E-state index contributed by atoms with van der Waals surface area (Å²) in [7, 11) is 0. The summed E-state index contributed by atoms with van der Waals surface area (Å²) in [6.45, 7) is 5.55. The van der Waals surface area contributed by atoms with E-state index in [2.05, 4.69) is 0 Å². The Kier molecular flexibility index (Phi) is 7.48. The molecular formula is C29H25F3O6. The molecule has 0 aliphatic heterocycles. The average Bonchev–Trinajstić information content (AvgIpc) is 2.87. The van der Waals surface area contributed by atoms with Gasteiger partial charge in [0.25, 0.3) is 5.76 Å². The van der Waals surface area contributed by atoms with Gasteiger partial charge in [0.1, 0.15) is 23.7 Å². The van der Waals surface area contributed by atoms with Crippen molar-refractivity contribution in [2.45, 2.75) is 39.0 Å². The van der Waals surface area contributed by atoms with Crippen molar-refractivity contribution in [3.05, 3.63) is 99.9 Å². The van der Waals surface area contributed by atoms with Crippen LogP contribution in [0.25, 0.3) is 11.0 Å². The number of benzene rings is 3. The average molecular weight is 527 g/mol. The predicted octanol–water partition coefficient (Wildman–Crippen LogP) is 7.02. The number of carbonyl (C=O) groups is 1. The largest absolute Gasteiger partial charge is 0.482 e. The van der Waals surface area contributed by atoms with Gasteiger partial charge in [-0.3, -0.25) is 4.79 Å². The summed E-state index contributed by atoms with van der Waals surface area (Å²) < 4.78 is 62.5. The first-order valence-electron chi connectivity index (χ1n) is 11.7. The Morgan fingerprint density at radius 3 is 2.18 bits per heavy atom. The molecular weight excluding hydrogens is 501 g/mol. The first-order valence-corrected chi connectivity index (χ1v) is 11.7. The number of esters is 1. The van der Waals surface area contributed by atoms with Crippen molar-refractivity contribution in [2.75, 3.05) is 6.61 Å². The van der Waals surface area contributed by atoms with Crippen molar-refractivity contribution < 1.29 is 36.6 Å². The van der Waals surface area contributed by atoms with Gasteiger partial charge in [-0.05, 0) is 40.8 Å². The lowest BCUT2D eigenvalue weighted by Gasteiger charge is -2.19. The molecule has 0 fully saturated rings. The number of rotatable bonds is 7. The quantitative estimate of drug-likeness (QED) is 0.241. The van der Waals surface area contributed by atoms with Gasteiger partial charge >= 0.3 is 12.1 Å². The smallest absolute Gasteiger partial charge is 0.453 e. The Bertz CT molecular complexity index is 1480. The van der Waals surface area contributed by atoms with Crippen LogP contribution in [0.15, 0.2) is 82.0 Å². The molecule has 0 saturated heterocycles. The highest BCUT2D eigenvalue weighted by Gasteiger charge is 2.40. The minimum absolute atomic E-state index is 0.0249. The maximum Gasteiger partial charge on any atom is 0.453 e. The molecule has 0 aliphatic carbocycles. The van der Waals surface area contributed by atoms with E-state index < -0.39 is 35.7 Å². The predicted molar refractivity (Wildman–Crippen MR) is 134 cm³/mol. The van der Waals surface area contributed by atoms with Gasteiger partial charge in [-0.15, -0.1) is 0 Å². The van der Waals surface area contributed by atoms with E-state index in [-0.39, 0.29) is 34.5 Å². The molecule has 4 aromatic rings. The summed E-state index contributed by atoms with van der Waals surface area (Å²) in [6, 6.07) is 19.2. The minimum atomic E-state index is -5.01. The molecule has 9 heteroatoms. The van der Waals surface area contributed by atoms with E-state index in [4.69, 9.17) is 18.6 Å². The fraction of sp³-hybridized carbons (Fsp3) is 0.241. The zero-order chi connectivity index (χ0) is 27.5. The summed E-state index contributed by atoms with van der Waals surface area (Å²) in [6.07, 6.45) is -5.01. The van der Waals surface area contributed by atoms with Crippen LogP contribution < -0.4 is 14.9 Å².